The maximum Gasteiger partial charge on any atom is 0.348 e. The number of amides is 1. The van der Waals surface area contributed by atoms with Crippen LogP contribution in [-0.4, -0.2) is 23.4 Å². The molecule has 1 aromatic carbocycles. The van der Waals surface area contributed by atoms with Crippen LogP contribution in [0.3, 0.4) is 0 Å². The highest BCUT2D eigenvalue weighted by Crippen LogP contribution is 2.32. The molecule has 1 amide bonds. The minimum atomic E-state index is -0.642. The minimum Gasteiger partial charge on any atom is -0.451 e. The first kappa shape index (κ1) is 18.8. The summed E-state index contributed by atoms with van der Waals surface area (Å²) in [5, 5.41) is 13.0. The van der Waals surface area contributed by atoms with Crippen LogP contribution >= 0.6 is 54.8 Å². The summed E-state index contributed by atoms with van der Waals surface area (Å²) in [5.41, 5.74) is -0.0109. The highest BCUT2D eigenvalue weighted by molar-refractivity contribution is 9.13. The summed E-state index contributed by atoms with van der Waals surface area (Å²) >= 11 is 13.5. The van der Waals surface area contributed by atoms with Crippen molar-refractivity contribution in [2.45, 2.75) is 0 Å². The maximum atomic E-state index is 11.8. The molecule has 0 spiro atoms. The fourth-order valence-corrected chi connectivity index (χ4v) is 3.71. The van der Waals surface area contributed by atoms with Gasteiger partial charge in [0.05, 0.1) is 19.4 Å². The zero-order valence-electron chi connectivity index (χ0n) is 11.5. The number of ether oxygens (including phenoxy) is 1. The second-order valence-corrected chi connectivity index (χ2v) is 7.91. The number of hydrogen-bond donors (Lipinski definition) is 1. The zero-order valence-corrected chi connectivity index (χ0v) is 16.3. The summed E-state index contributed by atoms with van der Waals surface area (Å²) in [6.07, 6.45) is 0. The molecule has 11 heteroatoms. The summed E-state index contributed by atoms with van der Waals surface area (Å²) in [4.78, 5) is 34.0. The van der Waals surface area contributed by atoms with Crippen molar-refractivity contribution in [3.63, 3.8) is 0 Å². The lowest BCUT2D eigenvalue weighted by atomic mass is 10.3. The van der Waals surface area contributed by atoms with E-state index < -0.39 is 23.4 Å². The molecule has 7 nitrogen and oxygen atoms in total. The molecule has 0 bridgehead atoms. The van der Waals surface area contributed by atoms with E-state index in [2.05, 4.69) is 37.2 Å². The summed E-state index contributed by atoms with van der Waals surface area (Å²) in [5.74, 6) is -1.26. The van der Waals surface area contributed by atoms with E-state index in [4.69, 9.17) is 16.3 Å². The van der Waals surface area contributed by atoms with Gasteiger partial charge in [0.2, 0.25) is 0 Å². The molecule has 2 aromatic rings. The number of non-ortho nitro benzene ring substituents is 1. The van der Waals surface area contributed by atoms with Gasteiger partial charge < -0.3 is 10.1 Å². The van der Waals surface area contributed by atoms with E-state index in [0.717, 1.165) is 21.2 Å². The molecular formula is C13H7Br2ClN2O5S. The lowest BCUT2D eigenvalue weighted by molar-refractivity contribution is -0.384. The van der Waals surface area contributed by atoms with E-state index in [9.17, 15) is 19.7 Å². The average Bonchev–Trinajstić information content (AvgIpc) is 2.86. The number of anilines is 1. The fraction of sp³-hybridized carbons (Fsp3) is 0.0769. The van der Waals surface area contributed by atoms with Gasteiger partial charge in [-0.1, -0.05) is 11.6 Å². The van der Waals surface area contributed by atoms with Crippen LogP contribution in [0.15, 0.2) is 32.5 Å². The molecule has 0 atom stereocenters. The molecule has 2 rings (SSSR count). The van der Waals surface area contributed by atoms with E-state index in [1.165, 1.54) is 12.1 Å². The molecule has 126 valence electrons. The van der Waals surface area contributed by atoms with Crippen molar-refractivity contribution in [3.05, 3.63) is 52.5 Å². The van der Waals surface area contributed by atoms with E-state index in [1.807, 2.05) is 0 Å². The van der Waals surface area contributed by atoms with Crippen LogP contribution in [0.2, 0.25) is 5.02 Å². The van der Waals surface area contributed by atoms with Crippen molar-refractivity contribution in [2.75, 3.05) is 11.9 Å². The third-order valence-electron chi connectivity index (χ3n) is 2.62. The molecule has 1 heterocycles. The Morgan fingerprint density at radius 1 is 1.33 bits per heavy atom. The number of carbonyl (C=O) groups excluding carboxylic acids is 2. The third-order valence-corrected chi connectivity index (χ3v) is 6.17. The molecule has 0 aliphatic heterocycles. The van der Waals surface area contributed by atoms with Gasteiger partial charge in [0, 0.05) is 16.6 Å². The number of esters is 1. The maximum absolute atomic E-state index is 11.8. The number of halogens is 3. The van der Waals surface area contributed by atoms with Gasteiger partial charge in [-0.25, -0.2) is 4.79 Å². The molecule has 0 aliphatic rings. The molecule has 0 aliphatic carbocycles. The molecule has 0 saturated carbocycles. The Morgan fingerprint density at radius 3 is 2.58 bits per heavy atom. The predicted molar refractivity (Wildman–Crippen MR) is 96.7 cm³/mol. The van der Waals surface area contributed by atoms with Gasteiger partial charge in [0.1, 0.15) is 4.88 Å². The number of rotatable bonds is 5. The average molecular weight is 499 g/mol. The van der Waals surface area contributed by atoms with E-state index >= 15 is 0 Å². The van der Waals surface area contributed by atoms with Gasteiger partial charge in [-0.05, 0) is 44.0 Å². The molecule has 1 N–H and O–H groups in total. The smallest absolute Gasteiger partial charge is 0.348 e. The Balaban J connectivity index is 1.94. The van der Waals surface area contributed by atoms with Gasteiger partial charge in [-0.2, -0.15) is 0 Å². The second kappa shape index (κ2) is 8.06. The largest absolute Gasteiger partial charge is 0.451 e. The lowest BCUT2D eigenvalue weighted by Crippen LogP contribution is -2.20. The molecular weight excluding hydrogens is 491 g/mol. The van der Waals surface area contributed by atoms with E-state index in [0.29, 0.717) is 9.35 Å². The monoisotopic (exact) mass is 496 g/mol. The van der Waals surface area contributed by atoms with Crippen LogP contribution in [0.25, 0.3) is 0 Å². The van der Waals surface area contributed by atoms with Crippen LogP contribution in [0, 0.1) is 10.1 Å². The Bertz CT molecular complexity index is 807. The second-order valence-electron chi connectivity index (χ2n) is 4.28. The van der Waals surface area contributed by atoms with Crippen LogP contribution in [0.1, 0.15) is 9.67 Å². The predicted octanol–water partition coefficient (Wildman–Crippen LogP) is 4.63. The van der Waals surface area contributed by atoms with Gasteiger partial charge in [-0.15, -0.1) is 11.3 Å². The van der Waals surface area contributed by atoms with Crippen LogP contribution in [0.5, 0.6) is 0 Å². The molecule has 0 saturated heterocycles. The number of nitro benzene ring substituents is 1. The Morgan fingerprint density at radius 2 is 2.04 bits per heavy atom. The number of nitrogens with one attached hydrogen (secondary N) is 1. The number of nitro groups is 1. The van der Waals surface area contributed by atoms with Gasteiger partial charge in [-0.3, -0.25) is 14.9 Å². The molecule has 1 aromatic heterocycles. The Kier molecular flexibility index (Phi) is 6.33. The van der Waals surface area contributed by atoms with Crippen molar-refractivity contribution in [2.24, 2.45) is 0 Å². The van der Waals surface area contributed by atoms with Crippen molar-refractivity contribution < 1.29 is 19.2 Å². The molecule has 24 heavy (non-hydrogen) atoms. The van der Waals surface area contributed by atoms with Crippen LogP contribution < -0.4 is 5.32 Å². The highest BCUT2D eigenvalue weighted by Gasteiger charge is 2.16. The number of thiophene rings is 1. The lowest BCUT2D eigenvalue weighted by Gasteiger charge is -2.07. The summed E-state index contributed by atoms with van der Waals surface area (Å²) < 4.78 is 6.34. The number of hydrogen-bond acceptors (Lipinski definition) is 6. The Labute approximate surface area is 161 Å². The van der Waals surface area contributed by atoms with Crippen molar-refractivity contribution in [1.82, 2.24) is 0 Å². The summed E-state index contributed by atoms with van der Waals surface area (Å²) in [6, 6.07) is 5.19. The zero-order chi connectivity index (χ0) is 17.9. The van der Waals surface area contributed by atoms with E-state index in [-0.39, 0.29) is 16.4 Å². The van der Waals surface area contributed by atoms with Gasteiger partial charge in [0.25, 0.3) is 11.6 Å². The first-order valence-corrected chi connectivity index (χ1v) is 8.91. The molecule has 0 unspecified atom stereocenters. The van der Waals surface area contributed by atoms with Crippen molar-refractivity contribution in [3.8, 4) is 0 Å². The van der Waals surface area contributed by atoms with Gasteiger partial charge in [0.15, 0.2) is 6.61 Å². The normalized spacial score (nSPS) is 10.3. The van der Waals surface area contributed by atoms with Crippen molar-refractivity contribution in [1.29, 1.82) is 0 Å². The van der Waals surface area contributed by atoms with Gasteiger partial charge >= 0.3 is 5.97 Å². The summed E-state index contributed by atoms with van der Waals surface area (Å²) in [7, 11) is 0. The topological polar surface area (TPSA) is 98.5 Å². The number of nitrogens with zero attached hydrogens (tertiary/aromatic N) is 1. The molecule has 0 fully saturated rings. The summed E-state index contributed by atoms with van der Waals surface area (Å²) in [6.45, 7) is -0.515. The standard InChI is InChI=1S/C13H7Br2ClN2O5S/c14-7-4-10(24-12(7)15)13(20)23-5-11(19)17-9-2-1-6(18(21)22)3-8(9)16/h1-4H,5H2,(H,17,19). The van der Waals surface area contributed by atoms with Crippen molar-refractivity contribution >= 4 is 78.0 Å². The SMILES string of the molecule is O=C(COC(=O)c1cc(Br)c(Br)s1)Nc1ccc([N+](=O)[O-])cc1Cl. The number of carbonyl (C=O) groups is 2. The Hall–Kier alpha value is -1.49. The first-order valence-electron chi connectivity index (χ1n) is 6.13. The highest BCUT2D eigenvalue weighted by atomic mass is 79.9. The molecule has 0 radical (unpaired) electrons. The van der Waals surface area contributed by atoms with Crippen LogP contribution in [-0.2, 0) is 9.53 Å². The first-order chi connectivity index (χ1) is 11.3. The van der Waals surface area contributed by atoms with E-state index in [1.54, 1.807) is 6.07 Å². The quantitative estimate of drug-likeness (QED) is 0.368. The fourth-order valence-electron chi connectivity index (χ4n) is 1.55. The number of benzene rings is 1. The minimum absolute atomic E-state index is 0.00925. The third kappa shape index (κ3) is 4.76. The van der Waals surface area contributed by atoms with Crippen LogP contribution in [0.4, 0.5) is 11.4 Å².